The average Bonchev–Trinajstić information content (AvgIpc) is 3.07. The largest absolute Gasteiger partial charge is 0.493 e. The van der Waals surface area contributed by atoms with Gasteiger partial charge in [-0.3, -0.25) is 14.5 Å². The number of amides is 2. The maximum atomic E-state index is 13.9. The van der Waals surface area contributed by atoms with Crippen LogP contribution in [0.5, 0.6) is 11.5 Å². The molecule has 1 aliphatic rings. The van der Waals surface area contributed by atoms with Gasteiger partial charge in [0, 0.05) is 5.56 Å². The molecule has 0 saturated carbocycles. The van der Waals surface area contributed by atoms with Gasteiger partial charge in [-0.05, 0) is 59.7 Å². The molecule has 3 aromatic rings. The van der Waals surface area contributed by atoms with E-state index >= 15 is 0 Å². The molecule has 4 rings (SSSR count). The van der Waals surface area contributed by atoms with Crippen molar-refractivity contribution in [2.45, 2.75) is 20.1 Å². The van der Waals surface area contributed by atoms with Crippen molar-refractivity contribution in [3.8, 4) is 11.5 Å². The summed E-state index contributed by atoms with van der Waals surface area (Å²) < 4.78 is 25.1. The van der Waals surface area contributed by atoms with Crippen molar-refractivity contribution in [2.75, 3.05) is 7.11 Å². The van der Waals surface area contributed by atoms with E-state index in [9.17, 15) is 14.0 Å². The van der Waals surface area contributed by atoms with Crippen molar-refractivity contribution in [2.24, 2.45) is 0 Å². The Labute approximate surface area is 195 Å². The Bertz CT molecular complexity index is 1240. The number of thioether (sulfide) groups is 1. The highest BCUT2D eigenvalue weighted by Gasteiger charge is 2.35. The van der Waals surface area contributed by atoms with E-state index in [1.165, 1.54) is 18.1 Å². The molecular formula is C26H22FNO4S. The first-order valence-electron chi connectivity index (χ1n) is 10.3. The average molecular weight is 464 g/mol. The van der Waals surface area contributed by atoms with E-state index in [4.69, 9.17) is 9.47 Å². The van der Waals surface area contributed by atoms with E-state index < -0.39 is 0 Å². The van der Waals surface area contributed by atoms with Crippen molar-refractivity contribution in [3.05, 3.63) is 99.7 Å². The highest BCUT2D eigenvalue weighted by molar-refractivity contribution is 8.18. The van der Waals surface area contributed by atoms with Crippen LogP contribution in [-0.2, 0) is 17.9 Å². The molecule has 0 radical (unpaired) electrons. The second kappa shape index (κ2) is 9.92. The van der Waals surface area contributed by atoms with Crippen LogP contribution in [-0.4, -0.2) is 23.2 Å². The third-order valence-electron chi connectivity index (χ3n) is 5.29. The summed E-state index contributed by atoms with van der Waals surface area (Å²) in [5.74, 6) is 0.206. The number of rotatable bonds is 7. The van der Waals surface area contributed by atoms with Crippen molar-refractivity contribution in [1.82, 2.24) is 4.90 Å². The maximum absolute atomic E-state index is 13.9. The molecule has 7 heteroatoms. The third kappa shape index (κ3) is 5.09. The zero-order chi connectivity index (χ0) is 23.4. The molecule has 0 spiro atoms. The standard InChI is InChI=1S/C26H22FNO4S/c1-17-7-3-4-8-19(17)15-28-25(29)24(33-26(28)30)14-18-11-12-22(31-2)23(13-18)32-16-20-9-5-6-10-21(20)27/h3-14H,15-16H2,1-2H3/b24-14-. The van der Waals surface area contributed by atoms with Gasteiger partial charge in [0.15, 0.2) is 11.5 Å². The molecule has 2 amide bonds. The highest BCUT2D eigenvalue weighted by Crippen LogP contribution is 2.35. The summed E-state index contributed by atoms with van der Waals surface area (Å²) in [6.45, 7) is 2.21. The summed E-state index contributed by atoms with van der Waals surface area (Å²) in [5, 5.41) is -0.306. The molecule has 1 fully saturated rings. The lowest BCUT2D eigenvalue weighted by atomic mass is 10.1. The van der Waals surface area contributed by atoms with Crippen LogP contribution in [0.3, 0.4) is 0 Å². The number of ether oxygens (including phenoxy) is 2. The molecule has 0 aliphatic carbocycles. The van der Waals surface area contributed by atoms with Crippen LogP contribution in [0.25, 0.3) is 6.08 Å². The number of imide groups is 1. The topological polar surface area (TPSA) is 55.8 Å². The summed E-state index contributed by atoms with van der Waals surface area (Å²) in [4.78, 5) is 27.0. The number of carbonyl (C=O) groups excluding carboxylic acids is 2. The number of hydrogen-bond acceptors (Lipinski definition) is 5. The molecule has 0 aromatic heterocycles. The number of halogens is 1. The van der Waals surface area contributed by atoms with Crippen LogP contribution in [0.2, 0.25) is 0 Å². The van der Waals surface area contributed by atoms with E-state index in [-0.39, 0.29) is 30.1 Å². The van der Waals surface area contributed by atoms with Crippen molar-refractivity contribution in [3.63, 3.8) is 0 Å². The van der Waals surface area contributed by atoms with Crippen LogP contribution in [0, 0.1) is 12.7 Å². The Morgan fingerprint density at radius 3 is 2.42 bits per heavy atom. The van der Waals surface area contributed by atoms with Crippen molar-refractivity contribution >= 4 is 29.0 Å². The van der Waals surface area contributed by atoms with E-state index in [1.807, 2.05) is 31.2 Å². The Morgan fingerprint density at radius 1 is 0.970 bits per heavy atom. The minimum atomic E-state index is -0.352. The van der Waals surface area contributed by atoms with Crippen LogP contribution in [0.4, 0.5) is 9.18 Å². The number of benzene rings is 3. The third-order valence-corrected chi connectivity index (χ3v) is 6.20. The fourth-order valence-electron chi connectivity index (χ4n) is 3.41. The van der Waals surface area contributed by atoms with Gasteiger partial charge >= 0.3 is 0 Å². The fourth-order valence-corrected chi connectivity index (χ4v) is 4.25. The lowest BCUT2D eigenvalue weighted by molar-refractivity contribution is -0.123. The quantitative estimate of drug-likeness (QED) is 0.405. The van der Waals surface area contributed by atoms with Gasteiger partial charge in [0.2, 0.25) is 0 Å². The Kier molecular flexibility index (Phi) is 6.79. The first-order valence-corrected chi connectivity index (χ1v) is 11.1. The monoisotopic (exact) mass is 463 g/mol. The molecule has 1 saturated heterocycles. The van der Waals surface area contributed by atoms with E-state index in [1.54, 1.807) is 42.5 Å². The molecule has 0 atom stereocenters. The summed E-state index contributed by atoms with van der Waals surface area (Å²) in [7, 11) is 1.52. The van der Waals surface area contributed by atoms with Gasteiger partial charge in [-0.1, -0.05) is 48.5 Å². The smallest absolute Gasteiger partial charge is 0.293 e. The van der Waals surface area contributed by atoms with E-state index in [2.05, 4.69) is 0 Å². The van der Waals surface area contributed by atoms with E-state index in [0.29, 0.717) is 27.5 Å². The summed E-state index contributed by atoms with van der Waals surface area (Å²) in [6.07, 6.45) is 1.65. The Balaban J connectivity index is 1.54. The first kappa shape index (κ1) is 22.6. The lowest BCUT2D eigenvalue weighted by Gasteiger charge is -2.14. The first-order chi connectivity index (χ1) is 16.0. The van der Waals surface area contributed by atoms with Crippen LogP contribution < -0.4 is 9.47 Å². The molecule has 1 heterocycles. The summed E-state index contributed by atoms with van der Waals surface area (Å²) in [5.41, 5.74) is 3.03. The molecule has 33 heavy (non-hydrogen) atoms. The van der Waals surface area contributed by atoms with Gasteiger partial charge < -0.3 is 9.47 Å². The fraction of sp³-hybridized carbons (Fsp3) is 0.154. The SMILES string of the molecule is COc1ccc(/C=C2\SC(=O)N(Cc3ccccc3C)C2=O)cc1OCc1ccccc1F. The maximum Gasteiger partial charge on any atom is 0.293 e. The van der Waals surface area contributed by atoms with Gasteiger partial charge in [-0.15, -0.1) is 0 Å². The molecular weight excluding hydrogens is 441 g/mol. The van der Waals surface area contributed by atoms with Gasteiger partial charge in [0.1, 0.15) is 12.4 Å². The molecule has 1 aliphatic heterocycles. The van der Waals surface area contributed by atoms with Crippen LogP contribution in [0.1, 0.15) is 22.3 Å². The summed E-state index contributed by atoms with van der Waals surface area (Å²) >= 11 is 0.907. The molecule has 5 nitrogen and oxygen atoms in total. The molecule has 3 aromatic carbocycles. The molecule has 168 valence electrons. The highest BCUT2D eigenvalue weighted by atomic mass is 32.2. The number of aryl methyl sites for hydroxylation is 1. The Morgan fingerprint density at radius 2 is 1.70 bits per heavy atom. The van der Waals surface area contributed by atoms with Gasteiger partial charge in [0.25, 0.3) is 11.1 Å². The van der Waals surface area contributed by atoms with Crippen LogP contribution >= 0.6 is 11.8 Å². The van der Waals surface area contributed by atoms with Crippen LogP contribution in [0.15, 0.2) is 71.6 Å². The number of carbonyl (C=O) groups is 2. The van der Waals surface area contributed by atoms with Crippen molar-refractivity contribution in [1.29, 1.82) is 0 Å². The predicted molar refractivity (Wildman–Crippen MR) is 126 cm³/mol. The zero-order valence-corrected chi connectivity index (χ0v) is 19.0. The number of hydrogen-bond donors (Lipinski definition) is 0. The van der Waals surface area contributed by atoms with Gasteiger partial charge in [-0.2, -0.15) is 0 Å². The van der Waals surface area contributed by atoms with Crippen molar-refractivity contribution < 1.29 is 23.5 Å². The minimum absolute atomic E-state index is 0.0272. The lowest BCUT2D eigenvalue weighted by Crippen LogP contribution is -2.27. The van der Waals surface area contributed by atoms with Gasteiger partial charge in [-0.25, -0.2) is 4.39 Å². The summed E-state index contributed by atoms with van der Waals surface area (Å²) in [6, 6.07) is 19.2. The second-order valence-corrected chi connectivity index (χ2v) is 8.48. The number of nitrogens with zero attached hydrogens (tertiary/aromatic N) is 1. The Hall–Kier alpha value is -3.58. The second-order valence-electron chi connectivity index (χ2n) is 7.48. The molecule has 0 N–H and O–H groups in total. The van der Waals surface area contributed by atoms with E-state index in [0.717, 1.165) is 22.9 Å². The molecule has 0 bridgehead atoms. The van der Waals surface area contributed by atoms with Gasteiger partial charge in [0.05, 0.1) is 18.6 Å². The predicted octanol–water partition coefficient (Wildman–Crippen LogP) is 5.96. The normalized spacial score (nSPS) is 14.8. The number of methoxy groups -OCH3 is 1. The molecule has 0 unspecified atom stereocenters. The zero-order valence-electron chi connectivity index (χ0n) is 18.2. The minimum Gasteiger partial charge on any atom is -0.493 e.